The fraction of sp³-hybridized carbons (Fsp3) is 0.261. The molecule has 0 N–H and O–H groups in total. The van der Waals surface area contributed by atoms with Gasteiger partial charge in [-0.25, -0.2) is 13.1 Å². The van der Waals surface area contributed by atoms with Crippen LogP contribution in [0.25, 0.3) is 0 Å². The molecule has 0 aliphatic carbocycles. The van der Waals surface area contributed by atoms with Gasteiger partial charge in [0.05, 0.1) is 16.1 Å². The van der Waals surface area contributed by atoms with Crippen LogP contribution in [-0.4, -0.2) is 42.1 Å². The second-order valence-corrected chi connectivity index (χ2v) is 9.92. The zero-order chi connectivity index (χ0) is 23.8. The maximum atomic E-state index is 13.3. The summed E-state index contributed by atoms with van der Waals surface area (Å²) in [4.78, 5) is 26.1. The molecule has 3 aromatic rings. The van der Waals surface area contributed by atoms with Crippen molar-refractivity contribution in [3.05, 3.63) is 75.4 Å². The zero-order valence-electron chi connectivity index (χ0n) is 18.3. The molecule has 1 atom stereocenters. The van der Waals surface area contributed by atoms with E-state index >= 15 is 0 Å². The van der Waals surface area contributed by atoms with Gasteiger partial charge >= 0.3 is 0 Å². The van der Waals surface area contributed by atoms with Crippen LogP contribution < -0.4 is 4.74 Å². The molecule has 0 fully saturated rings. The zero-order valence-corrected chi connectivity index (χ0v) is 19.9. The van der Waals surface area contributed by atoms with Crippen molar-refractivity contribution in [1.82, 2.24) is 9.78 Å². The third-order valence-corrected chi connectivity index (χ3v) is 6.94. The molecule has 0 saturated heterocycles. The Morgan fingerprint density at radius 3 is 2.34 bits per heavy atom. The fourth-order valence-electron chi connectivity index (χ4n) is 3.60. The van der Waals surface area contributed by atoms with Crippen molar-refractivity contribution in [1.29, 1.82) is 0 Å². The molecule has 0 spiro atoms. The molecular weight excluding hydrogens is 452 g/mol. The van der Waals surface area contributed by atoms with Crippen LogP contribution in [0.4, 0.5) is 0 Å². The molecule has 1 aromatic heterocycles. The molecular formula is C23H23ClN2O5S. The summed E-state index contributed by atoms with van der Waals surface area (Å²) in [6.45, 7) is 4.76. The highest BCUT2D eigenvalue weighted by Crippen LogP contribution is 2.33. The van der Waals surface area contributed by atoms with Gasteiger partial charge in [-0.2, -0.15) is 5.10 Å². The van der Waals surface area contributed by atoms with Crippen LogP contribution in [0.1, 0.15) is 44.3 Å². The van der Waals surface area contributed by atoms with Gasteiger partial charge in [0.25, 0.3) is 0 Å². The summed E-state index contributed by atoms with van der Waals surface area (Å²) in [5, 5.41) is 4.15. The number of nitrogens with zero attached hydrogens (tertiary/aromatic N) is 2. The number of aromatic nitrogens is 2. The number of carbonyl (C=O) groups is 2. The Labute approximate surface area is 191 Å². The van der Waals surface area contributed by atoms with Crippen molar-refractivity contribution < 1.29 is 22.7 Å². The van der Waals surface area contributed by atoms with Gasteiger partial charge in [0, 0.05) is 24.4 Å². The summed E-state index contributed by atoms with van der Waals surface area (Å²) in [6.07, 6.45) is 1.56. The Bertz CT molecular complexity index is 1310. The molecule has 9 heteroatoms. The van der Waals surface area contributed by atoms with Crippen molar-refractivity contribution in [2.75, 3.05) is 6.26 Å². The average molecular weight is 475 g/mol. The van der Waals surface area contributed by atoms with Gasteiger partial charge < -0.3 is 4.74 Å². The molecule has 1 heterocycles. The van der Waals surface area contributed by atoms with Crippen molar-refractivity contribution in [2.24, 2.45) is 7.05 Å². The Balaban J connectivity index is 1.99. The molecule has 0 amide bonds. The van der Waals surface area contributed by atoms with Crippen molar-refractivity contribution >= 4 is 33.0 Å². The van der Waals surface area contributed by atoms with E-state index in [9.17, 15) is 18.0 Å². The predicted octanol–water partition coefficient (Wildman–Crippen LogP) is 3.98. The van der Waals surface area contributed by atoms with E-state index in [0.717, 1.165) is 6.26 Å². The van der Waals surface area contributed by atoms with Gasteiger partial charge in [-0.1, -0.05) is 41.9 Å². The minimum atomic E-state index is -3.52. The van der Waals surface area contributed by atoms with Crippen LogP contribution in [0, 0.1) is 13.8 Å². The van der Waals surface area contributed by atoms with E-state index in [0.29, 0.717) is 16.7 Å². The molecule has 1 unspecified atom stereocenters. The van der Waals surface area contributed by atoms with Crippen molar-refractivity contribution in [3.63, 3.8) is 0 Å². The van der Waals surface area contributed by atoms with Crippen LogP contribution in [0.3, 0.4) is 0 Å². The van der Waals surface area contributed by atoms with E-state index in [4.69, 9.17) is 16.3 Å². The molecule has 0 aliphatic heterocycles. The highest BCUT2D eigenvalue weighted by atomic mass is 35.5. The highest BCUT2D eigenvalue weighted by Gasteiger charge is 2.28. The van der Waals surface area contributed by atoms with Crippen LogP contribution in [0.5, 0.6) is 5.88 Å². The predicted molar refractivity (Wildman–Crippen MR) is 122 cm³/mol. The maximum Gasteiger partial charge on any atom is 0.223 e. The number of Topliss-reactive ketones (excluding diaryl/α,β-unsaturated/α-hetero) is 1. The van der Waals surface area contributed by atoms with Crippen LogP contribution in [-0.2, 0) is 16.9 Å². The summed E-state index contributed by atoms with van der Waals surface area (Å²) >= 11 is 6.41. The number of ether oxygens (including phenoxy) is 1. The minimum Gasteiger partial charge on any atom is -0.466 e. The van der Waals surface area contributed by atoms with E-state index in [2.05, 4.69) is 5.10 Å². The number of benzene rings is 2. The van der Waals surface area contributed by atoms with Crippen LogP contribution in [0.2, 0.25) is 5.02 Å². The lowest BCUT2D eigenvalue weighted by Gasteiger charge is -2.16. The Morgan fingerprint density at radius 2 is 1.75 bits per heavy atom. The standard InChI is InChI=1S/C23H23ClN2O5S/c1-13-11-17(19(24)14(2)22(13)32(5,29)30)21(28)18-12-25-26(4)23(18)31-15(3)20(27)16-9-7-6-8-10-16/h6-12,15H,1-5H3. The first-order valence-corrected chi connectivity index (χ1v) is 12.0. The van der Waals surface area contributed by atoms with Gasteiger partial charge in [0.1, 0.15) is 5.56 Å². The third kappa shape index (κ3) is 4.47. The van der Waals surface area contributed by atoms with Crippen LogP contribution in [0.15, 0.2) is 47.5 Å². The molecule has 0 saturated carbocycles. The molecule has 32 heavy (non-hydrogen) atoms. The fourth-order valence-corrected chi connectivity index (χ4v) is 5.20. The Kier molecular flexibility index (Phi) is 6.57. The molecule has 7 nitrogen and oxygen atoms in total. The average Bonchev–Trinajstić information content (AvgIpc) is 3.09. The molecule has 2 aromatic carbocycles. The first-order valence-electron chi connectivity index (χ1n) is 9.75. The SMILES string of the molecule is Cc1cc(C(=O)c2cnn(C)c2OC(C)C(=O)c2ccccc2)c(Cl)c(C)c1S(C)(=O)=O. The van der Waals surface area contributed by atoms with Gasteiger partial charge in [0.2, 0.25) is 17.4 Å². The first kappa shape index (κ1) is 23.7. The van der Waals surface area contributed by atoms with Gasteiger partial charge in [-0.05, 0) is 38.0 Å². The lowest BCUT2D eigenvalue weighted by atomic mass is 10.0. The number of halogens is 1. The number of ketones is 2. The third-order valence-electron chi connectivity index (χ3n) is 5.09. The summed E-state index contributed by atoms with van der Waals surface area (Å²) in [6, 6.07) is 10.1. The first-order chi connectivity index (χ1) is 14.9. The minimum absolute atomic E-state index is 0.0456. The summed E-state index contributed by atoms with van der Waals surface area (Å²) in [7, 11) is -1.93. The molecule has 0 radical (unpaired) electrons. The second kappa shape index (κ2) is 8.88. The maximum absolute atomic E-state index is 13.3. The molecule has 168 valence electrons. The second-order valence-electron chi connectivity index (χ2n) is 7.59. The van der Waals surface area contributed by atoms with E-state index in [-0.39, 0.29) is 32.7 Å². The molecule has 0 aliphatic rings. The lowest BCUT2D eigenvalue weighted by molar-refractivity contribution is 0.0798. The van der Waals surface area contributed by atoms with Gasteiger partial charge in [-0.3, -0.25) is 9.59 Å². The number of aryl methyl sites for hydroxylation is 2. The van der Waals surface area contributed by atoms with E-state index < -0.39 is 21.7 Å². The largest absolute Gasteiger partial charge is 0.466 e. The monoisotopic (exact) mass is 474 g/mol. The Morgan fingerprint density at radius 1 is 1.12 bits per heavy atom. The highest BCUT2D eigenvalue weighted by molar-refractivity contribution is 7.90. The molecule has 3 rings (SSSR count). The quantitative estimate of drug-likeness (QED) is 0.481. The lowest BCUT2D eigenvalue weighted by Crippen LogP contribution is -2.25. The number of hydrogen-bond acceptors (Lipinski definition) is 6. The summed E-state index contributed by atoms with van der Waals surface area (Å²) in [5.41, 5.74) is 1.45. The van der Waals surface area contributed by atoms with E-state index in [1.807, 2.05) is 6.07 Å². The number of rotatable bonds is 7. The van der Waals surface area contributed by atoms with Gasteiger partial charge in [0.15, 0.2) is 15.9 Å². The molecule has 0 bridgehead atoms. The number of carbonyl (C=O) groups excluding carboxylic acids is 2. The topological polar surface area (TPSA) is 95.3 Å². The van der Waals surface area contributed by atoms with Gasteiger partial charge in [-0.15, -0.1) is 0 Å². The van der Waals surface area contributed by atoms with Crippen molar-refractivity contribution in [3.8, 4) is 5.88 Å². The smallest absolute Gasteiger partial charge is 0.223 e. The van der Waals surface area contributed by atoms with E-state index in [1.165, 1.54) is 16.9 Å². The van der Waals surface area contributed by atoms with Crippen molar-refractivity contribution in [2.45, 2.75) is 31.8 Å². The number of sulfone groups is 1. The summed E-state index contributed by atoms with van der Waals surface area (Å²) < 4.78 is 31.5. The normalized spacial score (nSPS) is 12.4. The van der Waals surface area contributed by atoms with E-state index in [1.54, 1.807) is 52.1 Å². The van der Waals surface area contributed by atoms with Crippen LogP contribution >= 0.6 is 11.6 Å². The number of hydrogen-bond donors (Lipinski definition) is 0. The summed E-state index contributed by atoms with van der Waals surface area (Å²) in [5.74, 6) is -0.610. The Hall–Kier alpha value is -2.97.